The number of hydrogen-bond acceptors (Lipinski definition) is 3. The number of benzene rings is 1. The first-order valence-electron chi connectivity index (χ1n) is 9.09. The minimum Gasteiger partial charge on any atom is -0.292 e. The summed E-state index contributed by atoms with van der Waals surface area (Å²) in [5, 5.41) is 0. The van der Waals surface area contributed by atoms with E-state index in [1.807, 2.05) is 18.2 Å². The number of nitrogens with zero attached hydrogens (tertiary/aromatic N) is 1. The molecule has 0 bridgehead atoms. The van der Waals surface area contributed by atoms with Gasteiger partial charge < -0.3 is 0 Å². The summed E-state index contributed by atoms with van der Waals surface area (Å²) in [6.07, 6.45) is 8.36. The van der Waals surface area contributed by atoms with Gasteiger partial charge in [-0.05, 0) is 55.7 Å². The number of hydrogen-bond donors (Lipinski definition) is 0. The zero-order valence-corrected chi connectivity index (χ0v) is 14.0. The van der Waals surface area contributed by atoms with Gasteiger partial charge in [-0.3, -0.25) is 19.3 Å². The predicted octanol–water partition coefficient (Wildman–Crippen LogP) is 3.07. The van der Waals surface area contributed by atoms with Crippen LogP contribution in [0.2, 0.25) is 0 Å². The van der Waals surface area contributed by atoms with Crippen LogP contribution >= 0.6 is 0 Å². The Kier molecular flexibility index (Phi) is 3.78. The third-order valence-electron chi connectivity index (χ3n) is 6.02. The number of amides is 2. The third kappa shape index (κ3) is 2.48. The van der Waals surface area contributed by atoms with Gasteiger partial charge in [-0.1, -0.05) is 25.0 Å². The van der Waals surface area contributed by atoms with Crippen molar-refractivity contribution in [3.8, 4) is 0 Å². The molecule has 24 heavy (non-hydrogen) atoms. The monoisotopic (exact) mass is 325 g/mol. The van der Waals surface area contributed by atoms with Crippen LogP contribution in [0.15, 0.2) is 18.2 Å². The standard InChI is InChI=1S/C20H23NO3/c22-17(16-8-7-14-5-1-2-6-15(14)11-16)13-21-18(23)12-20(19(21)24)9-3-4-10-20/h7-8,11H,1-6,9-10,12-13H2. The number of likely N-dealkylation sites (tertiary alicyclic amines) is 1. The zero-order valence-electron chi connectivity index (χ0n) is 14.0. The van der Waals surface area contributed by atoms with Crippen LogP contribution in [-0.2, 0) is 22.4 Å². The van der Waals surface area contributed by atoms with Crippen molar-refractivity contribution in [2.24, 2.45) is 5.41 Å². The zero-order chi connectivity index (χ0) is 16.7. The van der Waals surface area contributed by atoms with E-state index in [-0.39, 0.29) is 24.1 Å². The molecular formula is C20H23NO3. The normalized spacial score (nSPS) is 22.2. The Morgan fingerprint density at radius 2 is 1.71 bits per heavy atom. The summed E-state index contributed by atoms with van der Waals surface area (Å²) in [7, 11) is 0. The number of imide groups is 1. The number of carbonyl (C=O) groups is 3. The average molecular weight is 325 g/mol. The smallest absolute Gasteiger partial charge is 0.236 e. The summed E-state index contributed by atoms with van der Waals surface area (Å²) in [4.78, 5) is 38.8. The number of carbonyl (C=O) groups excluding carboxylic acids is 3. The Bertz CT molecular complexity index is 716. The first kappa shape index (κ1) is 15.6. The molecule has 126 valence electrons. The molecule has 0 atom stereocenters. The lowest BCUT2D eigenvalue weighted by atomic mass is 9.84. The highest BCUT2D eigenvalue weighted by Crippen LogP contribution is 2.46. The van der Waals surface area contributed by atoms with Crippen LogP contribution in [0.5, 0.6) is 0 Å². The van der Waals surface area contributed by atoms with E-state index in [1.165, 1.54) is 22.4 Å². The molecule has 1 saturated heterocycles. The van der Waals surface area contributed by atoms with Crippen molar-refractivity contribution in [1.82, 2.24) is 4.90 Å². The van der Waals surface area contributed by atoms with Crippen LogP contribution in [0.3, 0.4) is 0 Å². The molecule has 4 heteroatoms. The Balaban J connectivity index is 1.52. The van der Waals surface area contributed by atoms with Crippen molar-refractivity contribution in [3.63, 3.8) is 0 Å². The van der Waals surface area contributed by atoms with Gasteiger partial charge >= 0.3 is 0 Å². The van der Waals surface area contributed by atoms with Gasteiger partial charge in [0.15, 0.2) is 5.78 Å². The molecule has 2 fully saturated rings. The van der Waals surface area contributed by atoms with Gasteiger partial charge in [-0.15, -0.1) is 0 Å². The first-order valence-corrected chi connectivity index (χ1v) is 9.09. The van der Waals surface area contributed by atoms with Gasteiger partial charge in [0.1, 0.15) is 0 Å². The van der Waals surface area contributed by atoms with Gasteiger partial charge in [0, 0.05) is 12.0 Å². The SMILES string of the molecule is O=C(CN1C(=O)CC2(CCCC2)C1=O)c1ccc2c(c1)CCCC2. The van der Waals surface area contributed by atoms with Crippen LogP contribution in [0.1, 0.15) is 66.4 Å². The second-order valence-electron chi connectivity index (χ2n) is 7.56. The highest BCUT2D eigenvalue weighted by Gasteiger charge is 2.52. The van der Waals surface area contributed by atoms with Crippen molar-refractivity contribution >= 4 is 17.6 Å². The van der Waals surface area contributed by atoms with Crippen molar-refractivity contribution in [2.75, 3.05) is 6.54 Å². The molecule has 4 nitrogen and oxygen atoms in total. The summed E-state index contributed by atoms with van der Waals surface area (Å²) in [5.41, 5.74) is 2.71. The van der Waals surface area contributed by atoms with E-state index in [1.54, 1.807) is 0 Å². The van der Waals surface area contributed by atoms with Crippen LogP contribution < -0.4 is 0 Å². The second-order valence-corrected chi connectivity index (χ2v) is 7.56. The number of fused-ring (bicyclic) bond motifs is 1. The van der Waals surface area contributed by atoms with Gasteiger partial charge in [0.05, 0.1) is 12.0 Å². The molecule has 2 amide bonds. The maximum atomic E-state index is 12.7. The van der Waals surface area contributed by atoms with Crippen LogP contribution in [0.25, 0.3) is 0 Å². The van der Waals surface area contributed by atoms with Gasteiger partial charge in [-0.2, -0.15) is 0 Å². The Morgan fingerprint density at radius 1 is 1.00 bits per heavy atom. The average Bonchev–Trinajstić information content (AvgIpc) is 3.15. The molecule has 1 aromatic carbocycles. The fourth-order valence-electron chi connectivity index (χ4n) is 4.60. The summed E-state index contributed by atoms with van der Waals surface area (Å²) >= 11 is 0. The van der Waals surface area contributed by atoms with E-state index in [9.17, 15) is 14.4 Å². The van der Waals surface area contributed by atoms with E-state index in [0.717, 1.165) is 44.9 Å². The maximum Gasteiger partial charge on any atom is 0.236 e. The minimum atomic E-state index is -0.493. The number of Topliss-reactive ketones (excluding diaryl/α,β-unsaturated/α-hetero) is 1. The molecule has 0 N–H and O–H groups in total. The van der Waals surface area contributed by atoms with E-state index in [2.05, 4.69) is 0 Å². The lowest BCUT2D eigenvalue weighted by Gasteiger charge is -2.21. The van der Waals surface area contributed by atoms with Crippen molar-refractivity contribution < 1.29 is 14.4 Å². The topological polar surface area (TPSA) is 54.5 Å². The van der Waals surface area contributed by atoms with Crippen molar-refractivity contribution in [1.29, 1.82) is 0 Å². The minimum absolute atomic E-state index is 0.0990. The maximum absolute atomic E-state index is 12.7. The summed E-state index contributed by atoms with van der Waals surface area (Å²) in [5.74, 6) is -0.412. The van der Waals surface area contributed by atoms with Crippen molar-refractivity contribution in [3.05, 3.63) is 34.9 Å². The molecule has 1 aromatic rings. The summed E-state index contributed by atoms with van der Waals surface area (Å²) < 4.78 is 0. The van der Waals surface area contributed by atoms with Crippen LogP contribution in [0.4, 0.5) is 0 Å². The molecule has 4 rings (SSSR count). The molecule has 1 spiro atoms. The lowest BCUT2D eigenvalue weighted by Crippen LogP contribution is -2.38. The fraction of sp³-hybridized carbons (Fsp3) is 0.550. The van der Waals surface area contributed by atoms with Gasteiger partial charge in [-0.25, -0.2) is 0 Å². The lowest BCUT2D eigenvalue weighted by molar-refractivity contribution is -0.140. The predicted molar refractivity (Wildman–Crippen MR) is 89.7 cm³/mol. The van der Waals surface area contributed by atoms with E-state index < -0.39 is 5.41 Å². The van der Waals surface area contributed by atoms with E-state index in [0.29, 0.717) is 12.0 Å². The number of rotatable bonds is 3. The van der Waals surface area contributed by atoms with E-state index in [4.69, 9.17) is 0 Å². The van der Waals surface area contributed by atoms with Crippen LogP contribution in [0, 0.1) is 5.41 Å². The molecule has 0 radical (unpaired) electrons. The number of ketones is 1. The molecule has 1 heterocycles. The summed E-state index contributed by atoms with van der Waals surface area (Å²) in [6.45, 7) is -0.0990. The molecule has 0 unspecified atom stereocenters. The highest BCUT2D eigenvalue weighted by atomic mass is 16.2. The molecular weight excluding hydrogens is 302 g/mol. The molecule has 0 aromatic heterocycles. The third-order valence-corrected chi connectivity index (χ3v) is 6.02. The number of aryl methyl sites for hydroxylation is 2. The fourth-order valence-corrected chi connectivity index (χ4v) is 4.60. The highest BCUT2D eigenvalue weighted by molar-refractivity contribution is 6.10. The quantitative estimate of drug-likeness (QED) is 0.634. The van der Waals surface area contributed by atoms with E-state index >= 15 is 0 Å². The Hall–Kier alpha value is -1.97. The molecule has 1 aliphatic heterocycles. The first-order chi connectivity index (χ1) is 11.6. The molecule has 2 aliphatic carbocycles. The largest absolute Gasteiger partial charge is 0.292 e. The molecule has 3 aliphatic rings. The second kappa shape index (κ2) is 5.83. The Labute approximate surface area is 142 Å². The van der Waals surface area contributed by atoms with Gasteiger partial charge in [0.2, 0.25) is 11.8 Å². The van der Waals surface area contributed by atoms with Crippen LogP contribution in [-0.4, -0.2) is 29.0 Å². The van der Waals surface area contributed by atoms with Crippen molar-refractivity contribution in [2.45, 2.75) is 57.8 Å². The molecule has 1 saturated carbocycles. The van der Waals surface area contributed by atoms with Gasteiger partial charge in [0.25, 0.3) is 0 Å². The summed E-state index contributed by atoms with van der Waals surface area (Å²) in [6, 6.07) is 5.85. The Morgan fingerprint density at radius 3 is 2.46 bits per heavy atom.